The van der Waals surface area contributed by atoms with Crippen molar-refractivity contribution in [1.29, 1.82) is 0 Å². The van der Waals surface area contributed by atoms with E-state index in [4.69, 9.17) is 11.6 Å². The number of nitrogens with zero attached hydrogens (tertiary/aromatic N) is 3. The van der Waals surface area contributed by atoms with Crippen LogP contribution in [-0.4, -0.2) is 30.9 Å². The monoisotopic (exact) mass is 370 g/mol. The molecule has 26 heavy (non-hydrogen) atoms. The molecule has 0 spiro atoms. The highest BCUT2D eigenvalue weighted by Crippen LogP contribution is 2.47. The van der Waals surface area contributed by atoms with E-state index in [-0.39, 0.29) is 5.95 Å². The molecule has 4 rings (SSSR count). The van der Waals surface area contributed by atoms with Gasteiger partial charge in [-0.2, -0.15) is 14.8 Å². The fourth-order valence-electron chi connectivity index (χ4n) is 3.43. The van der Waals surface area contributed by atoms with E-state index >= 15 is 0 Å². The number of halogens is 1. The zero-order valence-electron chi connectivity index (χ0n) is 13.5. The maximum Gasteiger partial charge on any atom is 0.360 e. The van der Waals surface area contributed by atoms with E-state index in [0.717, 1.165) is 10.2 Å². The lowest BCUT2D eigenvalue weighted by atomic mass is 9.78. The van der Waals surface area contributed by atoms with Gasteiger partial charge in [0.25, 0.3) is 5.72 Å². The van der Waals surface area contributed by atoms with E-state index in [0.29, 0.717) is 10.6 Å². The van der Waals surface area contributed by atoms with E-state index in [1.54, 1.807) is 48.5 Å². The van der Waals surface area contributed by atoms with Crippen LogP contribution in [0.4, 0.5) is 5.95 Å². The number of aromatic nitrogens is 3. The van der Waals surface area contributed by atoms with Crippen LogP contribution in [0, 0.1) is 0 Å². The first-order valence-corrected chi connectivity index (χ1v) is 8.33. The average Bonchev–Trinajstić information content (AvgIpc) is 3.12. The number of hydrogen-bond donors (Lipinski definition) is 3. The summed E-state index contributed by atoms with van der Waals surface area (Å²) < 4.78 is 1.01. The van der Waals surface area contributed by atoms with Crippen LogP contribution in [0.3, 0.4) is 0 Å². The highest BCUT2D eigenvalue weighted by atomic mass is 35.5. The van der Waals surface area contributed by atoms with Crippen molar-refractivity contribution < 1.29 is 15.0 Å². The van der Waals surface area contributed by atoms with Gasteiger partial charge in [-0.1, -0.05) is 54.1 Å². The molecule has 0 aliphatic carbocycles. The lowest BCUT2D eigenvalue weighted by Crippen LogP contribution is -2.54. The molecule has 132 valence electrons. The van der Waals surface area contributed by atoms with Crippen molar-refractivity contribution in [2.24, 2.45) is 0 Å². The molecule has 1 aliphatic rings. The predicted molar refractivity (Wildman–Crippen MR) is 94.8 cm³/mol. The number of nitrogens with one attached hydrogen (secondary N) is 1. The van der Waals surface area contributed by atoms with Crippen molar-refractivity contribution in [2.75, 3.05) is 5.32 Å². The minimum Gasteiger partial charge on any atom is -0.478 e. The van der Waals surface area contributed by atoms with Crippen molar-refractivity contribution in [1.82, 2.24) is 14.8 Å². The van der Waals surface area contributed by atoms with Crippen LogP contribution in [0.25, 0.3) is 0 Å². The minimum atomic E-state index is -2.30. The zero-order chi connectivity index (χ0) is 18.3. The van der Waals surface area contributed by atoms with Crippen LogP contribution >= 0.6 is 11.6 Å². The summed E-state index contributed by atoms with van der Waals surface area (Å²) in [4.78, 5) is 16.2. The summed E-state index contributed by atoms with van der Waals surface area (Å²) in [5, 5.41) is 28.9. The number of anilines is 1. The molecule has 1 aromatic heterocycles. The Bertz CT molecular complexity index is 945. The van der Waals surface area contributed by atoms with E-state index in [2.05, 4.69) is 15.4 Å². The average molecular weight is 371 g/mol. The fraction of sp³-hybridized carbons (Fsp3) is 0.167. The standard InChI is InChI=1S/C18H15ClN4O3/c19-13-8-6-12(7-9-13)15-14(11-4-2-1-3-5-11)18(26,16(24)25)23-17(22-15)20-10-21-23/h1-10,14-15,26H,(H,24,25)(H,20,21,22)/t14-,15-,18-/m1/s1. The number of fused-ring (bicyclic) bond motifs is 1. The Labute approximate surface area is 153 Å². The highest BCUT2D eigenvalue weighted by molar-refractivity contribution is 6.30. The largest absolute Gasteiger partial charge is 0.478 e. The maximum absolute atomic E-state index is 12.2. The van der Waals surface area contributed by atoms with Crippen molar-refractivity contribution in [3.63, 3.8) is 0 Å². The van der Waals surface area contributed by atoms with Crippen LogP contribution in [0.1, 0.15) is 23.1 Å². The molecule has 0 saturated carbocycles. The van der Waals surface area contributed by atoms with Crippen LogP contribution < -0.4 is 5.32 Å². The molecular formula is C18H15ClN4O3. The molecule has 0 unspecified atom stereocenters. The van der Waals surface area contributed by atoms with Gasteiger partial charge in [-0.25, -0.2) is 4.79 Å². The lowest BCUT2D eigenvalue weighted by molar-refractivity contribution is -0.179. The third kappa shape index (κ3) is 2.44. The van der Waals surface area contributed by atoms with Crippen LogP contribution in [-0.2, 0) is 10.5 Å². The van der Waals surface area contributed by atoms with Gasteiger partial charge in [0.15, 0.2) is 0 Å². The molecular weight excluding hydrogens is 356 g/mol. The number of aliphatic carboxylic acids is 1. The van der Waals surface area contributed by atoms with E-state index < -0.39 is 23.7 Å². The van der Waals surface area contributed by atoms with Gasteiger partial charge < -0.3 is 15.5 Å². The van der Waals surface area contributed by atoms with Crippen molar-refractivity contribution >= 4 is 23.5 Å². The Balaban J connectivity index is 1.95. The lowest BCUT2D eigenvalue weighted by Gasteiger charge is -2.42. The molecule has 0 bridgehead atoms. The molecule has 3 atom stereocenters. The van der Waals surface area contributed by atoms with Crippen LogP contribution in [0.2, 0.25) is 5.02 Å². The number of hydrogen-bond acceptors (Lipinski definition) is 5. The Morgan fingerprint density at radius 3 is 2.46 bits per heavy atom. The molecule has 3 aromatic rings. The van der Waals surface area contributed by atoms with Gasteiger partial charge in [-0.3, -0.25) is 0 Å². The van der Waals surface area contributed by atoms with Crippen molar-refractivity contribution in [3.05, 3.63) is 77.1 Å². The Morgan fingerprint density at radius 2 is 1.81 bits per heavy atom. The first kappa shape index (κ1) is 16.6. The van der Waals surface area contributed by atoms with Gasteiger partial charge in [0, 0.05) is 5.02 Å². The predicted octanol–water partition coefficient (Wildman–Crippen LogP) is 2.61. The van der Waals surface area contributed by atoms with E-state index in [9.17, 15) is 15.0 Å². The second-order valence-electron chi connectivity index (χ2n) is 6.09. The third-order valence-corrected chi connectivity index (χ3v) is 4.88. The molecule has 0 amide bonds. The molecule has 2 heterocycles. The number of carboxylic acids is 1. The van der Waals surface area contributed by atoms with E-state index in [1.165, 1.54) is 6.33 Å². The number of carbonyl (C=O) groups is 1. The second kappa shape index (κ2) is 6.12. The zero-order valence-corrected chi connectivity index (χ0v) is 14.2. The normalized spacial score (nSPS) is 24.5. The number of benzene rings is 2. The third-order valence-electron chi connectivity index (χ3n) is 4.62. The van der Waals surface area contributed by atoms with Crippen LogP contribution in [0.5, 0.6) is 0 Å². The van der Waals surface area contributed by atoms with Gasteiger partial charge >= 0.3 is 5.97 Å². The van der Waals surface area contributed by atoms with E-state index in [1.807, 2.05) is 6.07 Å². The van der Waals surface area contributed by atoms with Gasteiger partial charge in [-0.05, 0) is 23.3 Å². The van der Waals surface area contributed by atoms with Gasteiger partial charge in [0.05, 0.1) is 12.0 Å². The molecule has 0 radical (unpaired) electrons. The molecule has 0 saturated heterocycles. The fourth-order valence-corrected chi connectivity index (χ4v) is 3.56. The van der Waals surface area contributed by atoms with Gasteiger partial charge in [0.2, 0.25) is 5.95 Å². The molecule has 7 nitrogen and oxygen atoms in total. The topological polar surface area (TPSA) is 100 Å². The maximum atomic E-state index is 12.2. The summed E-state index contributed by atoms with van der Waals surface area (Å²) in [6.07, 6.45) is 1.21. The summed E-state index contributed by atoms with van der Waals surface area (Å²) in [6, 6.07) is 15.5. The quantitative estimate of drug-likeness (QED) is 0.655. The summed E-state index contributed by atoms with van der Waals surface area (Å²) >= 11 is 5.98. The second-order valence-corrected chi connectivity index (χ2v) is 6.53. The molecule has 8 heteroatoms. The van der Waals surface area contributed by atoms with Gasteiger partial charge in [0.1, 0.15) is 6.33 Å². The molecule has 2 aromatic carbocycles. The number of carboxylic acid groups (broad SMARTS) is 1. The first-order chi connectivity index (χ1) is 12.5. The Hall–Kier alpha value is -2.90. The SMILES string of the molecule is O=C(O)[C@]1(O)[C@H](c2ccccc2)[C@@H](c2ccc(Cl)cc2)Nc2ncnn21. The summed E-state index contributed by atoms with van der Waals surface area (Å²) in [6.45, 7) is 0. The summed E-state index contributed by atoms with van der Waals surface area (Å²) in [5.74, 6) is -2.07. The molecule has 1 aliphatic heterocycles. The minimum absolute atomic E-state index is 0.182. The highest BCUT2D eigenvalue weighted by Gasteiger charge is 2.56. The number of aliphatic hydroxyl groups is 1. The summed E-state index contributed by atoms with van der Waals surface area (Å²) in [7, 11) is 0. The molecule has 3 N–H and O–H groups in total. The van der Waals surface area contributed by atoms with Crippen molar-refractivity contribution in [3.8, 4) is 0 Å². The van der Waals surface area contributed by atoms with Crippen LogP contribution in [0.15, 0.2) is 60.9 Å². The Kier molecular flexibility index (Phi) is 3.90. The first-order valence-electron chi connectivity index (χ1n) is 7.95. The van der Waals surface area contributed by atoms with Gasteiger partial charge in [-0.15, -0.1) is 0 Å². The Morgan fingerprint density at radius 1 is 1.12 bits per heavy atom. The smallest absolute Gasteiger partial charge is 0.360 e. The molecule has 0 fully saturated rings. The van der Waals surface area contributed by atoms with Crippen molar-refractivity contribution in [2.45, 2.75) is 17.7 Å². The summed E-state index contributed by atoms with van der Waals surface area (Å²) in [5.41, 5.74) is -0.869. The number of rotatable bonds is 3.